The lowest BCUT2D eigenvalue weighted by Gasteiger charge is -2.37. The fraction of sp³-hybridized carbons (Fsp3) is 0.368. The Hall–Kier alpha value is -3.08. The molecule has 1 aromatic heterocycles. The maximum atomic E-state index is 14.9. The predicted molar refractivity (Wildman–Crippen MR) is 111 cm³/mol. The number of hydrogen-bond acceptors (Lipinski definition) is 6. The topological polar surface area (TPSA) is 133 Å². The van der Waals surface area contributed by atoms with Crippen molar-refractivity contribution in [1.82, 2.24) is 9.47 Å². The molecule has 1 saturated heterocycles. The molecule has 30 heavy (non-hydrogen) atoms. The quantitative estimate of drug-likeness (QED) is 0.491. The molecular formula is C19H20FN5O4S. The summed E-state index contributed by atoms with van der Waals surface area (Å²) >= 11 is 1.29. The molecule has 1 aromatic carbocycles. The number of amides is 1. The molecule has 2 aliphatic heterocycles. The fourth-order valence-corrected chi connectivity index (χ4v) is 5.09. The van der Waals surface area contributed by atoms with Gasteiger partial charge < -0.3 is 25.2 Å². The summed E-state index contributed by atoms with van der Waals surface area (Å²) in [7, 11) is 0. The van der Waals surface area contributed by atoms with Gasteiger partial charge in [-0.15, -0.1) is 0 Å². The normalized spacial score (nSPS) is 18.1. The highest BCUT2D eigenvalue weighted by atomic mass is 32.2. The first-order valence-electron chi connectivity index (χ1n) is 9.36. The number of anilines is 1. The van der Waals surface area contributed by atoms with Crippen molar-refractivity contribution in [1.29, 1.82) is 5.41 Å². The average molecular weight is 433 g/mol. The number of rotatable bonds is 4. The van der Waals surface area contributed by atoms with Crippen LogP contribution in [0.4, 0.5) is 10.1 Å². The van der Waals surface area contributed by atoms with Gasteiger partial charge >= 0.3 is 5.97 Å². The summed E-state index contributed by atoms with van der Waals surface area (Å²) in [6.07, 6.45) is -0.138. The van der Waals surface area contributed by atoms with Crippen LogP contribution >= 0.6 is 11.8 Å². The van der Waals surface area contributed by atoms with E-state index in [0.717, 1.165) is 6.07 Å². The first-order valence-corrected chi connectivity index (χ1v) is 10.2. The number of nitrogens with one attached hydrogen (secondary N) is 1. The van der Waals surface area contributed by atoms with Gasteiger partial charge in [0, 0.05) is 31.6 Å². The number of carbonyl (C=O) groups is 2. The summed E-state index contributed by atoms with van der Waals surface area (Å²) in [5.74, 6) is -2.36. The van der Waals surface area contributed by atoms with Gasteiger partial charge in [-0.25, -0.2) is 9.18 Å². The summed E-state index contributed by atoms with van der Waals surface area (Å²) in [5, 5.41) is 17.0. The second kappa shape index (κ2) is 7.31. The van der Waals surface area contributed by atoms with Crippen LogP contribution in [-0.4, -0.2) is 58.5 Å². The zero-order chi connectivity index (χ0) is 21.7. The third kappa shape index (κ3) is 3.18. The molecule has 9 nitrogen and oxygen atoms in total. The van der Waals surface area contributed by atoms with Crippen molar-refractivity contribution < 1.29 is 19.1 Å². The van der Waals surface area contributed by atoms with Crippen molar-refractivity contribution in [3.8, 4) is 0 Å². The van der Waals surface area contributed by atoms with Crippen molar-refractivity contribution in [2.24, 2.45) is 5.73 Å². The van der Waals surface area contributed by atoms with Gasteiger partial charge in [0.15, 0.2) is 0 Å². The van der Waals surface area contributed by atoms with Crippen LogP contribution in [0.15, 0.2) is 22.0 Å². The SMILES string of the molecule is CC1Sc2c(C(=O)O)c(=O)c3cc(F)c(N4CCN(C(=O)CC(=N)N)CC4)cc3n21. The average Bonchev–Trinajstić information content (AvgIpc) is 2.67. The van der Waals surface area contributed by atoms with Crippen LogP contribution in [0.5, 0.6) is 0 Å². The molecule has 4 N–H and O–H groups in total. The van der Waals surface area contributed by atoms with Crippen molar-refractivity contribution in [3.63, 3.8) is 0 Å². The number of aromatic carboxylic acids is 1. The molecule has 0 aliphatic carbocycles. The number of carbonyl (C=O) groups excluding carboxylic acids is 1. The maximum Gasteiger partial charge on any atom is 0.342 e. The Kier molecular flexibility index (Phi) is 4.92. The molecule has 4 rings (SSSR count). The molecule has 3 heterocycles. The van der Waals surface area contributed by atoms with Gasteiger partial charge in [0.2, 0.25) is 11.3 Å². The number of pyridine rings is 1. The monoisotopic (exact) mass is 433 g/mol. The van der Waals surface area contributed by atoms with Gasteiger partial charge in [-0.2, -0.15) is 0 Å². The van der Waals surface area contributed by atoms with Crippen molar-refractivity contribution in [2.45, 2.75) is 23.7 Å². The molecular weight excluding hydrogens is 413 g/mol. The van der Waals surface area contributed by atoms with Crippen LogP contribution < -0.4 is 16.1 Å². The Labute approximate surface area is 174 Å². The number of carboxylic acid groups (broad SMARTS) is 1. The Bertz CT molecular complexity index is 1160. The minimum absolute atomic E-state index is 0.0415. The highest BCUT2D eigenvalue weighted by molar-refractivity contribution is 8.00. The van der Waals surface area contributed by atoms with E-state index in [9.17, 15) is 23.9 Å². The number of nitrogens with two attached hydrogens (primary N) is 1. The van der Waals surface area contributed by atoms with Crippen LogP contribution in [0.1, 0.15) is 29.1 Å². The van der Waals surface area contributed by atoms with Crippen LogP contribution in [-0.2, 0) is 4.79 Å². The summed E-state index contributed by atoms with van der Waals surface area (Å²) in [6.45, 7) is 3.40. The largest absolute Gasteiger partial charge is 0.477 e. The van der Waals surface area contributed by atoms with Gasteiger partial charge in [-0.05, 0) is 19.1 Å². The zero-order valence-electron chi connectivity index (χ0n) is 16.1. The number of carboxylic acids is 1. The molecule has 2 aromatic rings. The van der Waals surface area contributed by atoms with Gasteiger partial charge in [0.1, 0.15) is 11.4 Å². The fourth-order valence-electron chi connectivity index (χ4n) is 3.94. The molecule has 1 amide bonds. The molecule has 158 valence electrons. The minimum atomic E-state index is -1.32. The first kappa shape index (κ1) is 20.2. The number of halogens is 1. The zero-order valence-corrected chi connectivity index (χ0v) is 17.0. The van der Waals surface area contributed by atoms with E-state index in [1.165, 1.54) is 11.8 Å². The number of hydrogen-bond donors (Lipinski definition) is 3. The van der Waals surface area contributed by atoms with Gasteiger partial charge in [0.25, 0.3) is 0 Å². The van der Waals surface area contributed by atoms with E-state index in [-0.39, 0.29) is 34.5 Å². The Morgan fingerprint density at radius 3 is 2.53 bits per heavy atom. The second-order valence-electron chi connectivity index (χ2n) is 7.29. The third-order valence-electron chi connectivity index (χ3n) is 5.40. The standard InChI is InChI=1S/C19H20FN5O4S/c1-9-25-12-7-13(23-2-4-24(5-3-23)15(26)8-14(21)22)11(20)6-10(12)17(27)16(19(28)29)18(25)30-9/h6-7,9H,2-5,8H2,1H3,(H3,21,22)(H,28,29). The molecule has 0 spiro atoms. The highest BCUT2D eigenvalue weighted by Crippen LogP contribution is 2.46. The molecule has 1 fully saturated rings. The molecule has 0 radical (unpaired) electrons. The van der Waals surface area contributed by atoms with Gasteiger partial charge in [-0.1, -0.05) is 11.8 Å². The second-order valence-corrected chi connectivity index (χ2v) is 8.60. The predicted octanol–water partition coefficient (Wildman–Crippen LogP) is 1.44. The van der Waals surface area contributed by atoms with Crippen LogP contribution in [0.25, 0.3) is 10.9 Å². The van der Waals surface area contributed by atoms with Crippen molar-refractivity contribution in [3.05, 3.63) is 33.7 Å². The summed E-state index contributed by atoms with van der Waals surface area (Å²) in [5.41, 5.74) is 5.08. The van der Waals surface area contributed by atoms with Crippen molar-refractivity contribution in [2.75, 3.05) is 31.1 Å². The summed E-state index contributed by atoms with van der Waals surface area (Å²) < 4.78 is 16.7. The van der Waals surface area contributed by atoms with E-state index in [4.69, 9.17) is 11.1 Å². The number of piperazine rings is 1. The first-order chi connectivity index (χ1) is 14.2. The van der Waals surface area contributed by atoms with Crippen LogP contribution in [0, 0.1) is 11.2 Å². The molecule has 1 unspecified atom stereocenters. The lowest BCUT2D eigenvalue weighted by atomic mass is 10.1. The molecule has 0 bridgehead atoms. The van der Waals surface area contributed by atoms with Gasteiger partial charge in [0.05, 0.1) is 33.9 Å². The van der Waals surface area contributed by atoms with E-state index in [2.05, 4.69) is 0 Å². The number of aromatic nitrogens is 1. The molecule has 1 atom stereocenters. The maximum absolute atomic E-state index is 14.9. The van der Waals surface area contributed by atoms with E-state index in [1.807, 2.05) is 6.92 Å². The van der Waals surface area contributed by atoms with Crippen LogP contribution in [0.2, 0.25) is 0 Å². The molecule has 0 saturated carbocycles. The van der Waals surface area contributed by atoms with Crippen LogP contribution in [0.3, 0.4) is 0 Å². The Balaban J connectivity index is 1.69. The Morgan fingerprint density at radius 2 is 1.97 bits per heavy atom. The van der Waals surface area contributed by atoms with Gasteiger partial charge in [-0.3, -0.25) is 15.0 Å². The third-order valence-corrected chi connectivity index (χ3v) is 6.58. The van der Waals surface area contributed by atoms with E-state index in [0.29, 0.717) is 42.4 Å². The van der Waals surface area contributed by atoms with Crippen molar-refractivity contribution >= 4 is 46.1 Å². The molecule has 11 heteroatoms. The lowest BCUT2D eigenvalue weighted by molar-refractivity contribution is -0.130. The number of thioether (sulfide) groups is 1. The smallest absolute Gasteiger partial charge is 0.342 e. The molecule has 2 aliphatic rings. The van der Waals surface area contributed by atoms with E-state index >= 15 is 0 Å². The number of nitrogens with zero attached hydrogens (tertiary/aromatic N) is 3. The summed E-state index contributed by atoms with van der Waals surface area (Å²) in [4.78, 5) is 39.7. The number of benzene rings is 1. The Morgan fingerprint density at radius 1 is 1.30 bits per heavy atom. The lowest BCUT2D eigenvalue weighted by Crippen LogP contribution is -2.49. The minimum Gasteiger partial charge on any atom is -0.477 e. The number of fused-ring (bicyclic) bond motifs is 3. The van der Waals surface area contributed by atoms with E-state index < -0.39 is 17.2 Å². The highest BCUT2D eigenvalue weighted by Gasteiger charge is 2.33. The number of amidine groups is 1. The van der Waals surface area contributed by atoms with E-state index in [1.54, 1.807) is 20.4 Å². The summed E-state index contributed by atoms with van der Waals surface area (Å²) in [6, 6.07) is 2.69.